The number of hydrogen-bond acceptors (Lipinski definition) is 3. The molecule has 316 valence electrons. The third-order valence-corrected chi connectivity index (χ3v) is 12.4. The maximum Gasteiger partial charge on any atom is 0.149 e. The topological polar surface area (TPSA) is 50.9 Å². The molecule has 10 rings (SSSR count). The van der Waals surface area contributed by atoms with Gasteiger partial charge in [-0.2, -0.15) is 0 Å². The molecule has 2 aromatic heterocycles. The predicted octanol–water partition coefficient (Wildman–Crippen LogP) is 16.4. The Balaban J connectivity index is 1.12. The Labute approximate surface area is 385 Å². The molecular formula is C61H51N3O. The van der Waals surface area contributed by atoms with Gasteiger partial charge in [-0.15, -0.1) is 0 Å². The molecule has 0 spiro atoms. The van der Waals surface area contributed by atoms with Crippen LogP contribution in [0.4, 0.5) is 0 Å². The average molecular weight is 844 g/mol. The van der Waals surface area contributed by atoms with Crippen LogP contribution < -0.4 is 0 Å². The second-order valence-corrected chi connectivity index (χ2v) is 17.3. The molecule has 0 unspecified atom stereocenters. The summed E-state index contributed by atoms with van der Waals surface area (Å²) >= 11 is 0. The van der Waals surface area contributed by atoms with E-state index in [4.69, 9.17) is 12.7 Å². The second-order valence-electron chi connectivity index (χ2n) is 17.3. The van der Waals surface area contributed by atoms with Crippen molar-refractivity contribution in [3.8, 4) is 89.7 Å². The number of fused-ring (bicyclic) bond motifs is 1. The van der Waals surface area contributed by atoms with E-state index in [-0.39, 0.29) is 5.75 Å². The summed E-state index contributed by atoms with van der Waals surface area (Å²) in [6.07, 6.45) is 1.89. The highest BCUT2D eigenvalue weighted by atomic mass is 16.3. The summed E-state index contributed by atoms with van der Waals surface area (Å²) in [5, 5.41) is 11.4. The fraction of sp³-hybridized carbons (Fsp3) is 0.115. The van der Waals surface area contributed by atoms with Gasteiger partial charge in [0.2, 0.25) is 0 Å². The number of aromatic nitrogens is 3. The van der Waals surface area contributed by atoms with E-state index < -0.39 is 11.8 Å². The van der Waals surface area contributed by atoms with Gasteiger partial charge in [0.1, 0.15) is 11.6 Å². The summed E-state index contributed by atoms with van der Waals surface area (Å²) in [4.78, 5) is 10.4. The first-order valence-electron chi connectivity index (χ1n) is 23.2. The number of aryl methyl sites for hydroxylation is 1. The number of imidazole rings is 1. The number of phenolic OH excluding ortho intramolecular Hbond substituents is 1. The van der Waals surface area contributed by atoms with Crippen molar-refractivity contribution in [2.75, 3.05) is 0 Å². The van der Waals surface area contributed by atoms with Crippen molar-refractivity contribution in [2.24, 2.45) is 0 Å². The Bertz CT molecular complexity index is 3400. The van der Waals surface area contributed by atoms with Gasteiger partial charge in [-0.25, -0.2) is 4.98 Å². The van der Waals surface area contributed by atoms with Gasteiger partial charge in [0, 0.05) is 20.1 Å². The molecule has 65 heavy (non-hydrogen) atoms. The van der Waals surface area contributed by atoms with E-state index in [1.807, 2.05) is 70.3 Å². The number of nitrogens with zero attached hydrogens (tertiary/aromatic N) is 3. The minimum absolute atomic E-state index is 0.143. The molecule has 0 amide bonds. The molecule has 8 aromatic carbocycles. The number of rotatable bonds is 10. The number of para-hydroxylation sites is 2. The van der Waals surface area contributed by atoms with Crippen molar-refractivity contribution in [3.05, 3.63) is 217 Å². The highest BCUT2D eigenvalue weighted by Crippen LogP contribution is 2.41. The Kier molecular flexibility index (Phi) is 10.4. The van der Waals surface area contributed by atoms with E-state index in [1.54, 1.807) is 6.07 Å². The van der Waals surface area contributed by atoms with Gasteiger partial charge >= 0.3 is 0 Å². The smallest absolute Gasteiger partial charge is 0.149 e. The molecule has 0 saturated carbocycles. The zero-order valence-electron chi connectivity index (χ0n) is 39.3. The van der Waals surface area contributed by atoms with Crippen molar-refractivity contribution in [2.45, 2.75) is 46.4 Å². The molecule has 0 aliphatic heterocycles. The van der Waals surface area contributed by atoms with Crippen molar-refractivity contribution in [3.63, 3.8) is 0 Å². The van der Waals surface area contributed by atoms with Gasteiger partial charge in [0.05, 0.1) is 28.0 Å². The molecule has 0 radical (unpaired) electrons. The molecule has 10 aromatic rings. The fourth-order valence-electron chi connectivity index (χ4n) is 8.86. The van der Waals surface area contributed by atoms with Gasteiger partial charge in [0.15, 0.2) is 0 Å². The third-order valence-electron chi connectivity index (χ3n) is 12.4. The lowest BCUT2D eigenvalue weighted by Crippen LogP contribution is -2.01. The molecule has 0 fully saturated rings. The van der Waals surface area contributed by atoms with Crippen LogP contribution in [-0.2, 0) is 0 Å². The van der Waals surface area contributed by atoms with Gasteiger partial charge in [-0.3, -0.25) is 9.55 Å². The van der Waals surface area contributed by atoms with Crippen LogP contribution in [0.1, 0.15) is 58.9 Å². The van der Waals surface area contributed by atoms with Crippen molar-refractivity contribution >= 4 is 11.0 Å². The van der Waals surface area contributed by atoms with Gasteiger partial charge in [-0.1, -0.05) is 161 Å². The monoisotopic (exact) mass is 843 g/mol. The normalized spacial score (nSPS) is 12.3. The summed E-state index contributed by atoms with van der Waals surface area (Å²) in [5.41, 5.74) is 18.5. The largest absolute Gasteiger partial charge is 0.507 e. The third kappa shape index (κ3) is 8.16. The standard InChI is InChI=1S/C61H51N3O/c1-39(2)48-32-49(40(3)4)34-51(33-48)46-27-28-57(41(5)31-46)64-58-21-14-20-54(60(58)63-61(64)55-19-12-13-22-59(55)65)52-35-50(43-17-10-7-11-18-43)36-53(37-52)56-38-47(29-30-62-56)45-25-23-44(24-26-45)42-15-8-6-9-16-42/h6-40,65H,1-5H3/i39D,40D. The molecule has 1 N–H and O–H groups in total. The quantitative estimate of drug-likeness (QED) is 0.149. The maximum atomic E-state index is 11.4. The highest BCUT2D eigenvalue weighted by Gasteiger charge is 2.22. The van der Waals surface area contributed by atoms with Crippen LogP contribution in [0.2, 0.25) is 0 Å². The number of phenols is 1. The lowest BCUT2D eigenvalue weighted by molar-refractivity contribution is 0.477. The SMILES string of the molecule is [2H]C(C)(C)c1cc(-c2ccc(-n3c(-c4ccccc4O)nc4c(-c5cc(-c6ccccc6)cc(-c6cc(-c7ccc(-c8ccccc8)cc7)ccn6)c5)cccc43)c(C)c2)cc(C([2H])(C)C)c1. The van der Waals surface area contributed by atoms with E-state index >= 15 is 0 Å². The maximum absolute atomic E-state index is 11.4. The molecule has 0 saturated heterocycles. The Morgan fingerprint density at radius 1 is 0.462 bits per heavy atom. The summed E-state index contributed by atoms with van der Waals surface area (Å²) in [5.74, 6) is -0.893. The highest BCUT2D eigenvalue weighted by molar-refractivity contribution is 5.98. The Hall–Kier alpha value is -7.82. The second kappa shape index (κ2) is 17.4. The van der Waals surface area contributed by atoms with E-state index in [0.29, 0.717) is 11.4 Å². The first-order chi connectivity index (χ1) is 32.3. The van der Waals surface area contributed by atoms with Crippen molar-refractivity contribution in [1.82, 2.24) is 14.5 Å². The molecule has 4 heteroatoms. The van der Waals surface area contributed by atoms with Crippen LogP contribution in [0.3, 0.4) is 0 Å². The summed E-state index contributed by atoms with van der Waals surface area (Å²) in [7, 11) is 0. The van der Waals surface area contributed by atoms with E-state index in [1.165, 1.54) is 11.1 Å². The molecular weight excluding hydrogens is 791 g/mol. The minimum atomic E-state index is -0.831. The molecule has 0 bridgehead atoms. The zero-order valence-corrected chi connectivity index (χ0v) is 37.3. The van der Waals surface area contributed by atoms with Crippen LogP contribution in [0.25, 0.3) is 95.0 Å². The molecule has 2 heterocycles. The Morgan fingerprint density at radius 3 is 1.66 bits per heavy atom. The first kappa shape index (κ1) is 38.8. The van der Waals surface area contributed by atoms with Crippen molar-refractivity contribution in [1.29, 1.82) is 0 Å². The molecule has 0 aliphatic rings. The predicted molar refractivity (Wildman–Crippen MR) is 271 cm³/mol. The van der Waals surface area contributed by atoms with Crippen LogP contribution in [0.5, 0.6) is 5.75 Å². The van der Waals surface area contributed by atoms with Crippen LogP contribution in [-0.4, -0.2) is 19.6 Å². The molecule has 4 nitrogen and oxygen atoms in total. The van der Waals surface area contributed by atoms with Crippen LogP contribution in [0, 0.1) is 6.92 Å². The summed E-state index contributed by atoms with van der Waals surface area (Å²) in [6.45, 7) is 9.66. The molecule has 0 aliphatic carbocycles. The van der Waals surface area contributed by atoms with E-state index in [2.05, 4.69) is 163 Å². The zero-order chi connectivity index (χ0) is 46.5. The van der Waals surface area contributed by atoms with Gasteiger partial charge in [-0.05, 0) is 146 Å². The number of aromatic hydroxyl groups is 1. The average Bonchev–Trinajstić information content (AvgIpc) is 3.73. The first-order valence-corrected chi connectivity index (χ1v) is 22.2. The van der Waals surface area contributed by atoms with Crippen molar-refractivity contribution < 1.29 is 7.85 Å². The van der Waals surface area contributed by atoms with Gasteiger partial charge < -0.3 is 5.11 Å². The minimum Gasteiger partial charge on any atom is -0.507 e. The van der Waals surface area contributed by atoms with Crippen LogP contribution >= 0.6 is 0 Å². The van der Waals surface area contributed by atoms with Gasteiger partial charge in [0.25, 0.3) is 0 Å². The van der Waals surface area contributed by atoms with Crippen LogP contribution in [0.15, 0.2) is 200 Å². The van der Waals surface area contributed by atoms with E-state index in [0.717, 1.165) is 89.2 Å². The lowest BCUT2D eigenvalue weighted by atomic mass is 9.90. The summed E-state index contributed by atoms with van der Waals surface area (Å²) in [6, 6.07) is 66.7. The fourth-order valence-corrected chi connectivity index (χ4v) is 8.86. The molecule has 0 atom stereocenters. The number of benzene rings is 8. The number of pyridine rings is 1. The summed E-state index contributed by atoms with van der Waals surface area (Å²) < 4.78 is 19.9. The Morgan fingerprint density at radius 2 is 1.00 bits per heavy atom. The lowest BCUT2D eigenvalue weighted by Gasteiger charge is -2.17. The number of hydrogen-bond donors (Lipinski definition) is 1. The van der Waals surface area contributed by atoms with E-state index in [9.17, 15) is 5.11 Å².